The Morgan fingerprint density at radius 1 is 1.00 bits per heavy atom. The van der Waals surface area contributed by atoms with E-state index in [2.05, 4.69) is 18.6 Å². The summed E-state index contributed by atoms with van der Waals surface area (Å²) < 4.78 is 32.7. The molecule has 0 fully saturated rings. The maximum absolute atomic E-state index is 12.2. The van der Waals surface area contributed by atoms with Gasteiger partial charge in [0.05, 0.1) is 11.5 Å². The van der Waals surface area contributed by atoms with Crippen LogP contribution in [-0.4, -0.2) is 21.6 Å². The molecular weight excluding hydrogens is 310 g/mol. The second-order valence-corrected chi connectivity index (χ2v) is 7.58. The number of hydrogen-bond donors (Lipinski definition) is 1. The standard InChI is InChI=1S/C18H23NO3S/c1-15(2)14-22-17-8-10-18(11-9-17)23(20,21)19-13-12-16-6-4-3-5-7-16/h3-11,15,19H,12-14H2,1-2H3. The van der Waals surface area contributed by atoms with Gasteiger partial charge >= 0.3 is 0 Å². The van der Waals surface area contributed by atoms with Gasteiger partial charge < -0.3 is 4.74 Å². The third-order valence-electron chi connectivity index (χ3n) is 3.27. The normalized spacial score (nSPS) is 11.6. The Hall–Kier alpha value is -1.85. The summed E-state index contributed by atoms with van der Waals surface area (Å²) in [6, 6.07) is 16.3. The molecule has 0 atom stereocenters. The summed E-state index contributed by atoms with van der Waals surface area (Å²) in [5.41, 5.74) is 1.10. The number of hydrogen-bond acceptors (Lipinski definition) is 3. The van der Waals surface area contributed by atoms with Crippen LogP contribution in [0.4, 0.5) is 0 Å². The lowest BCUT2D eigenvalue weighted by Crippen LogP contribution is -2.25. The van der Waals surface area contributed by atoms with Crippen molar-refractivity contribution in [2.75, 3.05) is 13.2 Å². The van der Waals surface area contributed by atoms with E-state index in [1.807, 2.05) is 30.3 Å². The van der Waals surface area contributed by atoms with E-state index in [0.29, 0.717) is 31.2 Å². The second-order valence-electron chi connectivity index (χ2n) is 5.81. The van der Waals surface area contributed by atoms with Gasteiger partial charge in [0.2, 0.25) is 10.0 Å². The number of rotatable bonds is 8. The molecule has 0 amide bonds. The van der Waals surface area contributed by atoms with Gasteiger partial charge in [-0.05, 0) is 42.2 Å². The summed E-state index contributed by atoms with van der Waals surface area (Å²) in [5, 5.41) is 0. The summed E-state index contributed by atoms with van der Waals surface area (Å²) >= 11 is 0. The average molecular weight is 333 g/mol. The predicted octanol–water partition coefficient (Wildman–Crippen LogP) is 3.24. The molecule has 0 saturated carbocycles. The van der Waals surface area contributed by atoms with Gasteiger partial charge in [0.15, 0.2) is 0 Å². The van der Waals surface area contributed by atoms with Crippen LogP contribution in [0.3, 0.4) is 0 Å². The quantitative estimate of drug-likeness (QED) is 0.807. The van der Waals surface area contributed by atoms with Crippen molar-refractivity contribution in [3.8, 4) is 5.75 Å². The lowest BCUT2D eigenvalue weighted by atomic mass is 10.2. The third kappa shape index (κ3) is 5.69. The molecule has 0 aliphatic rings. The molecule has 0 unspecified atom stereocenters. The number of benzene rings is 2. The van der Waals surface area contributed by atoms with Crippen molar-refractivity contribution in [1.82, 2.24) is 4.72 Å². The highest BCUT2D eigenvalue weighted by molar-refractivity contribution is 7.89. The van der Waals surface area contributed by atoms with Crippen molar-refractivity contribution in [2.24, 2.45) is 5.92 Å². The molecular formula is C18H23NO3S. The average Bonchev–Trinajstić information content (AvgIpc) is 2.54. The van der Waals surface area contributed by atoms with E-state index in [9.17, 15) is 8.42 Å². The molecule has 0 aliphatic carbocycles. The summed E-state index contributed by atoms with van der Waals surface area (Å²) in [4.78, 5) is 0.252. The molecule has 0 bridgehead atoms. The van der Waals surface area contributed by atoms with Crippen LogP contribution >= 0.6 is 0 Å². The van der Waals surface area contributed by atoms with Crippen molar-refractivity contribution in [3.63, 3.8) is 0 Å². The van der Waals surface area contributed by atoms with Gasteiger partial charge in [0, 0.05) is 6.54 Å². The summed E-state index contributed by atoms with van der Waals surface area (Å²) in [5.74, 6) is 1.11. The van der Waals surface area contributed by atoms with Crippen molar-refractivity contribution in [2.45, 2.75) is 25.2 Å². The van der Waals surface area contributed by atoms with Crippen molar-refractivity contribution < 1.29 is 13.2 Å². The predicted molar refractivity (Wildman–Crippen MR) is 92.1 cm³/mol. The fraction of sp³-hybridized carbons (Fsp3) is 0.333. The Bertz CT molecular complexity index is 695. The Morgan fingerprint density at radius 2 is 1.65 bits per heavy atom. The molecule has 4 nitrogen and oxygen atoms in total. The van der Waals surface area contributed by atoms with Gasteiger partial charge in [0.1, 0.15) is 5.75 Å². The van der Waals surface area contributed by atoms with E-state index >= 15 is 0 Å². The van der Waals surface area contributed by atoms with Crippen molar-refractivity contribution >= 4 is 10.0 Å². The smallest absolute Gasteiger partial charge is 0.240 e. The summed E-state index contributed by atoms with van der Waals surface area (Å²) in [6.07, 6.45) is 0.662. The van der Waals surface area contributed by atoms with Gasteiger partial charge in [-0.3, -0.25) is 0 Å². The zero-order valence-electron chi connectivity index (χ0n) is 13.5. The van der Waals surface area contributed by atoms with E-state index in [-0.39, 0.29) is 4.90 Å². The largest absolute Gasteiger partial charge is 0.493 e. The lowest BCUT2D eigenvalue weighted by molar-refractivity contribution is 0.271. The van der Waals surface area contributed by atoms with Crippen LogP contribution in [0.15, 0.2) is 59.5 Å². The number of nitrogens with one attached hydrogen (secondary N) is 1. The van der Waals surface area contributed by atoms with Crippen LogP contribution in [0, 0.1) is 5.92 Å². The Balaban J connectivity index is 1.91. The van der Waals surface area contributed by atoms with Crippen LogP contribution in [0.1, 0.15) is 19.4 Å². The molecule has 0 saturated heterocycles. The van der Waals surface area contributed by atoms with Crippen molar-refractivity contribution in [1.29, 1.82) is 0 Å². The van der Waals surface area contributed by atoms with E-state index in [4.69, 9.17) is 4.74 Å². The molecule has 0 heterocycles. The van der Waals surface area contributed by atoms with E-state index in [1.54, 1.807) is 24.3 Å². The van der Waals surface area contributed by atoms with Crippen LogP contribution in [-0.2, 0) is 16.4 Å². The molecule has 2 aromatic carbocycles. The first-order valence-corrected chi connectivity index (χ1v) is 9.22. The molecule has 0 spiro atoms. The minimum absolute atomic E-state index is 0.252. The molecule has 2 aromatic rings. The monoisotopic (exact) mass is 333 g/mol. The fourth-order valence-electron chi connectivity index (χ4n) is 2.04. The molecule has 5 heteroatoms. The molecule has 1 N–H and O–H groups in total. The molecule has 124 valence electrons. The minimum atomic E-state index is -3.48. The first kappa shape index (κ1) is 17.5. The topological polar surface area (TPSA) is 55.4 Å². The van der Waals surface area contributed by atoms with E-state index in [1.165, 1.54) is 0 Å². The lowest BCUT2D eigenvalue weighted by Gasteiger charge is -2.10. The first-order chi connectivity index (χ1) is 11.0. The van der Waals surface area contributed by atoms with Crippen LogP contribution in [0.5, 0.6) is 5.75 Å². The molecule has 2 rings (SSSR count). The number of sulfonamides is 1. The summed E-state index contributed by atoms with van der Waals surface area (Å²) in [6.45, 7) is 5.12. The third-order valence-corrected chi connectivity index (χ3v) is 4.74. The zero-order chi connectivity index (χ0) is 16.7. The maximum atomic E-state index is 12.2. The van der Waals surface area contributed by atoms with Gasteiger partial charge in [-0.15, -0.1) is 0 Å². The van der Waals surface area contributed by atoms with Gasteiger partial charge in [-0.1, -0.05) is 44.2 Å². The van der Waals surface area contributed by atoms with E-state index in [0.717, 1.165) is 5.56 Å². The molecule has 0 radical (unpaired) electrons. The molecule has 0 aliphatic heterocycles. The Kier molecular flexibility index (Phi) is 6.19. The fourth-order valence-corrected chi connectivity index (χ4v) is 3.07. The summed E-state index contributed by atoms with van der Waals surface area (Å²) in [7, 11) is -3.48. The first-order valence-electron chi connectivity index (χ1n) is 7.74. The Labute approximate surface area is 138 Å². The highest BCUT2D eigenvalue weighted by Crippen LogP contribution is 2.16. The maximum Gasteiger partial charge on any atom is 0.240 e. The van der Waals surface area contributed by atoms with E-state index < -0.39 is 10.0 Å². The second kappa shape index (κ2) is 8.13. The highest BCUT2D eigenvalue weighted by Gasteiger charge is 2.13. The van der Waals surface area contributed by atoms with Crippen LogP contribution < -0.4 is 9.46 Å². The number of ether oxygens (including phenoxy) is 1. The van der Waals surface area contributed by atoms with Gasteiger partial charge in [-0.25, -0.2) is 13.1 Å². The molecule has 0 aromatic heterocycles. The van der Waals surface area contributed by atoms with Gasteiger partial charge in [-0.2, -0.15) is 0 Å². The van der Waals surface area contributed by atoms with Crippen LogP contribution in [0.2, 0.25) is 0 Å². The highest BCUT2D eigenvalue weighted by atomic mass is 32.2. The SMILES string of the molecule is CC(C)COc1ccc(S(=O)(=O)NCCc2ccccc2)cc1. The van der Waals surface area contributed by atoms with Crippen molar-refractivity contribution in [3.05, 3.63) is 60.2 Å². The zero-order valence-corrected chi connectivity index (χ0v) is 14.3. The van der Waals surface area contributed by atoms with Crippen LogP contribution in [0.25, 0.3) is 0 Å². The molecule has 23 heavy (non-hydrogen) atoms. The van der Waals surface area contributed by atoms with Gasteiger partial charge in [0.25, 0.3) is 0 Å². The minimum Gasteiger partial charge on any atom is -0.493 e. The Morgan fingerprint density at radius 3 is 2.26 bits per heavy atom.